The summed E-state index contributed by atoms with van der Waals surface area (Å²) in [5.41, 5.74) is 2.26. The fourth-order valence-electron chi connectivity index (χ4n) is 2.93. The summed E-state index contributed by atoms with van der Waals surface area (Å²) in [5, 5.41) is 13.9. The van der Waals surface area contributed by atoms with Gasteiger partial charge in [0.15, 0.2) is 0 Å². The largest absolute Gasteiger partial charge is 0.384 e. The smallest absolute Gasteiger partial charge is 0.329 e. The van der Waals surface area contributed by atoms with Crippen LogP contribution in [-0.2, 0) is 5.60 Å². The Morgan fingerprint density at radius 1 is 1.19 bits per heavy atom. The molecule has 4 nitrogen and oxygen atoms in total. The van der Waals surface area contributed by atoms with E-state index in [1.165, 1.54) is 23.3 Å². The van der Waals surface area contributed by atoms with Gasteiger partial charge in [0.2, 0.25) is 0 Å². The van der Waals surface area contributed by atoms with Crippen LogP contribution in [0.4, 0.5) is 10.5 Å². The van der Waals surface area contributed by atoms with Crippen LogP contribution in [0.1, 0.15) is 68.4 Å². The zero-order valence-corrected chi connectivity index (χ0v) is 18.3. The predicted octanol–water partition coefficient (Wildman–Crippen LogP) is 6.46. The maximum absolute atomic E-state index is 12.5. The molecule has 0 saturated heterocycles. The number of nitrogens with one attached hydrogen (secondary N) is 2. The van der Waals surface area contributed by atoms with Crippen molar-refractivity contribution in [3.8, 4) is 0 Å². The maximum atomic E-state index is 12.5. The molecule has 0 atom stereocenters. The number of carbonyl (C=O) groups excluding carboxylic acids is 1. The molecule has 1 saturated carbocycles. The fraction of sp³-hybridized carbons (Fsp3) is 0.450. The molecule has 1 heterocycles. The highest BCUT2D eigenvalue weighted by Gasteiger charge is 2.43. The second-order valence-electron chi connectivity index (χ2n) is 7.58. The topological polar surface area (TPSA) is 61.4 Å². The number of urea groups is 1. The molecule has 1 fully saturated rings. The lowest BCUT2D eigenvalue weighted by molar-refractivity contribution is 0.155. The van der Waals surface area contributed by atoms with Crippen molar-refractivity contribution >= 4 is 46.6 Å². The Balaban J connectivity index is 1.71. The van der Waals surface area contributed by atoms with E-state index in [2.05, 4.69) is 37.7 Å². The van der Waals surface area contributed by atoms with Crippen molar-refractivity contribution in [2.24, 2.45) is 0 Å². The Kier molecular flexibility index (Phi) is 6.11. The summed E-state index contributed by atoms with van der Waals surface area (Å²) in [6.07, 6.45) is 1.64. The molecule has 0 spiro atoms. The Morgan fingerprint density at radius 3 is 2.30 bits per heavy atom. The quantitative estimate of drug-likeness (QED) is 0.466. The van der Waals surface area contributed by atoms with Crippen molar-refractivity contribution in [3.63, 3.8) is 0 Å². The second kappa shape index (κ2) is 8.03. The lowest BCUT2D eigenvalue weighted by Crippen LogP contribution is -2.24. The molecule has 27 heavy (non-hydrogen) atoms. The first kappa shape index (κ1) is 20.5. The minimum atomic E-state index is -0.632. The van der Waals surface area contributed by atoms with Crippen LogP contribution in [0.15, 0.2) is 28.5 Å². The summed E-state index contributed by atoms with van der Waals surface area (Å²) in [4.78, 5) is 13.5. The first-order valence-corrected chi connectivity index (χ1v) is 11.1. The van der Waals surface area contributed by atoms with Gasteiger partial charge in [-0.05, 0) is 72.0 Å². The number of anilines is 1. The van der Waals surface area contributed by atoms with Gasteiger partial charge in [0.05, 0.1) is 9.81 Å². The van der Waals surface area contributed by atoms with Crippen molar-refractivity contribution in [2.45, 2.75) is 62.2 Å². The summed E-state index contributed by atoms with van der Waals surface area (Å²) < 4.78 is 3.79. The Bertz CT molecular complexity index is 815. The molecule has 146 valence electrons. The highest BCUT2D eigenvalue weighted by atomic mass is 35.5. The highest BCUT2D eigenvalue weighted by molar-refractivity contribution is 7.99. The fourth-order valence-corrected chi connectivity index (χ4v) is 4.99. The summed E-state index contributed by atoms with van der Waals surface area (Å²) >= 11 is 9.07. The zero-order chi connectivity index (χ0) is 19.8. The van der Waals surface area contributed by atoms with Gasteiger partial charge in [-0.3, -0.25) is 4.72 Å². The molecule has 7 heteroatoms. The third-order valence-electron chi connectivity index (χ3n) is 4.65. The van der Waals surface area contributed by atoms with Crippen LogP contribution in [0, 0.1) is 0 Å². The van der Waals surface area contributed by atoms with E-state index in [0.717, 1.165) is 38.7 Å². The number of amides is 2. The van der Waals surface area contributed by atoms with Crippen molar-refractivity contribution < 1.29 is 9.90 Å². The van der Waals surface area contributed by atoms with E-state index in [-0.39, 0.29) is 17.9 Å². The number of rotatable bonds is 6. The van der Waals surface area contributed by atoms with Gasteiger partial charge in [-0.2, -0.15) is 0 Å². The third-order valence-corrected chi connectivity index (χ3v) is 7.07. The monoisotopic (exact) mass is 424 g/mol. The number of benzene rings is 1. The van der Waals surface area contributed by atoms with Gasteiger partial charge < -0.3 is 10.4 Å². The molecule has 0 radical (unpaired) electrons. The molecule has 1 aromatic carbocycles. The number of halogens is 1. The van der Waals surface area contributed by atoms with E-state index in [9.17, 15) is 9.90 Å². The summed E-state index contributed by atoms with van der Waals surface area (Å²) in [5.74, 6) is 0.478. The van der Waals surface area contributed by atoms with Crippen molar-refractivity contribution in [3.05, 3.63) is 45.3 Å². The maximum Gasteiger partial charge on any atom is 0.329 e. The van der Waals surface area contributed by atoms with E-state index in [1.807, 2.05) is 24.3 Å². The predicted molar refractivity (Wildman–Crippen MR) is 115 cm³/mol. The molecule has 1 aliphatic carbocycles. The first-order chi connectivity index (χ1) is 12.7. The lowest BCUT2D eigenvalue weighted by atomic mass is 9.92. The standard InChI is InChI=1S/C20H25ClN2O2S2/c1-11(2)14-9-13(21)10-15(12(3)4)18(14)22-19(24)23-27-17-6-5-16(26-17)20(25)7-8-20/h5-6,9-12,25H,7-8H2,1-4H3,(H2,22,23,24). The summed E-state index contributed by atoms with van der Waals surface area (Å²) in [7, 11) is 0. The molecule has 1 aromatic heterocycles. The Morgan fingerprint density at radius 2 is 1.78 bits per heavy atom. The van der Waals surface area contributed by atoms with Crippen LogP contribution < -0.4 is 10.0 Å². The van der Waals surface area contributed by atoms with Gasteiger partial charge in [0, 0.05) is 15.6 Å². The van der Waals surface area contributed by atoms with Gasteiger partial charge in [-0.25, -0.2) is 4.79 Å². The molecule has 3 rings (SSSR count). The Hall–Kier alpha value is -1.21. The summed E-state index contributed by atoms with van der Waals surface area (Å²) in [6.45, 7) is 8.35. The van der Waals surface area contributed by atoms with E-state index < -0.39 is 5.60 Å². The van der Waals surface area contributed by atoms with Crippen LogP contribution >= 0.6 is 34.9 Å². The minimum Gasteiger partial charge on any atom is -0.384 e. The third kappa shape index (κ3) is 4.80. The van der Waals surface area contributed by atoms with Crippen LogP contribution in [0.3, 0.4) is 0 Å². The lowest BCUT2D eigenvalue weighted by Gasteiger charge is -2.21. The molecule has 0 unspecified atom stereocenters. The highest BCUT2D eigenvalue weighted by Crippen LogP contribution is 2.48. The van der Waals surface area contributed by atoms with Crippen molar-refractivity contribution in [1.29, 1.82) is 0 Å². The normalized spacial score (nSPS) is 15.3. The van der Waals surface area contributed by atoms with Crippen molar-refractivity contribution in [1.82, 2.24) is 4.72 Å². The van der Waals surface area contributed by atoms with Crippen LogP contribution in [0.25, 0.3) is 0 Å². The average Bonchev–Trinajstić information content (AvgIpc) is 3.16. The first-order valence-electron chi connectivity index (χ1n) is 9.09. The van der Waals surface area contributed by atoms with E-state index in [1.54, 1.807) is 0 Å². The molecule has 0 aliphatic heterocycles. The number of carbonyl (C=O) groups is 1. The van der Waals surface area contributed by atoms with Crippen molar-refractivity contribution in [2.75, 3.05) is 5.32 Å². The SMILES string of the molecule is CC(C)c1cc(Cl)cc(C(C)C)c1NC(=O)NSc1ccc(C2(O)CC2)s1. The van der Waals surface area contributed by atoms with Gasteiger partial charge in [-0.15, -0.1) is 11.3 Å². The number of hydrogen-bond acceptors (Lipinski definition) is 4. The van der Waals surface area contributed by atoms with Crippen LogP contribution in [-0.4, -0.2) is 11.1 Å². The van der Waals surface area contributed by atoms with E-state index in [4.69, 9.17) is 11.6 Å². The molecular weight excluding hydrogens is 400 g/mol. The van der Waals surface area contributed by atoms with Gasteiger partial charge in [0.25, 0.3) is 0 Å². The minimum absolute atomic E-state index is 0.239. The molecular formula is C20H25ClN2O2S2. The zero-order valence-electron chi connectivity index (χ0n) is 15.9. The van der Waals surface area contributed by atoms with Crippen LogP contribution in [0.2, 0.25) is 5.02 Å². The van der Waals surface area contributed by atoms with Gasteiger partial charge >= 0.3 is 6.03 Å². The molecule has 1 aliphatic rings. The Labute approximate surface area is 173 Å². The second-order valence-corrected chi connectivity index (χ2v) is 10.2. The number of hydrogen-bond donors (Lipinski definition) is 3. The van der Waals surface area contributed by atoms with Gasteiger partial charge in [0.1, 0.15) is 0 Å². The van der Waals surface area contributed by atoms with Gasteiger partial charge in [-0.1, -0.05) is 39.3 Å². The van der Waals surface area contributed by atoms with E-state index in [0.29, 0.717) is 5.02 Å². The molecule has 3 N–H and O–H groups in total. The molecule has 2 aromatic rings. The number of aliphatic hydroxyl groups is 1. The molecule has 2 amide bonds. The average molecular weight is 425 g/mol. The van der Waals surface area contributed by atoms with E-state index >= 15 is 0 Å². The summed E-state index contributed by atoms with van der Waals surface area (Å²) in [6, 6.07) is 7.44. The number of thiophene rings is 1. The van der Waals surface area contributed by atoms with Crippen LogP contribution in [0.5, 0.6) is 0 Å². The molecule has 0 bridgehead atoms.